The first-order valence-corrected chi connectivity index (χ1v) is 11.0. The first kappa shape index (κ1) is 20.8. The van der Waals surface area contributed by atoms with Crippen LogP contribution in [0, 0.1) is 5.82 Å². The summed E-state index contributed by atoms with van der Waals surface area (Å²) in [6.07, 6.45) is 2.97. The van der Waals surface area contributed by atoms with E-state index >= 15 is 0 Å². The molecule has 1 aromatic carbocycles. The van der Waals surface area contributed by atoms with Crippen LogP contribution in [-0.4, -0.2) is 49.7 Å². The predicted octanol–water partition coefficient (Wildman–Crippen LogP) is 3.96. The maximum absolute atomic E-state index is 14.3. The summed E-state index contributed by atoms with van der Waals surface area (Å²) in [5.41, 5.74) is 9.33. The first-order chi connectivity index (χ1) is 15.4. The van der Waals surface area contributed by atoms with Crippen LogP contribution in [0.5, 0.6) is 5.75 Å². The Morgan fingerprint density at radius 2 is 1.97 bits per heavy atom. The summed E-state index contributed by atoms with van der Waals surface area (Å²) >= 11 is 0. The van der Waals surface area contributed by atoms with Crippen LogP contribution in [0.15, 0.2) is 42.6 Å². The first-order valence-electron chi connectivity index (χ1n) is 11.0. The number of likely N-dealkylation sites (tertiary alicyclic amines) is 1. The fourth-order valence-corrected chi connectivity index (χ4v) is 4.30. The number of benzene rings is 1. The Labute approximate surface area is 186 Å². The van der Waals surface area contributed by atoms with E-state index in [0.717, 1.165) is 25.2 Å². The van der Waals surface area contributed by atoms with Gasteiger partial charge in [-0.2, -0.15) is 0 Å². The van der Waals surface area contributed by atoms with Crippen LogP contribution >= 0.6 is 0 Å². The van der Waals surface area contributed by atoms with Gasteiger partial charge < -0.3 is 10.5 Å². The molecule has 166 valence electrons. The third kappa shape index (κ3) is 3.80. The molecule has 2 N–H and O–H groups in total. The molecule has 0 unspecified atom stereocenters. The van der Waals surface area contributed by atoms with Crippen LogP contribution in [0.4, 0.5) is 4.39 Å². The summed E-state index contributed by atoms with van der Waals surface area (Å²) in [6.45, 7) is 7.83. The van der Waals surface area contributed by atoms with Crippen molar-refractivity contribution < 1.29 is 9.13 Å². The molecule has 0 bridgehead atoms. The van der Waals surface area contributed by atoms with Crippen molar-refractivity contribution in [1.29, 1.82) is 0 Å². The minimum atomic E-state index is -0.395. The van der Waals surface area contributed by atoms with Gasteiger partial charge in [-0.05, 0) is 51.0 Å². The standard InChI is InChI=1S/C24H27FN6O/c1-14(2)32-22-11-21-16(10-19(22)25)4-6-20(27-21)24-29-28-23-7-5-17(12-31(23)24)15(3)30-9-8-18(26)13-30/h4-7,10-12,14-15,18H,8-9,13,26H2,1-3H3/t15-,18-/m0/s1. The normalized spacial score (nSPS) is 18.1. The second-order valence-electron chi connectivity index (χ2n) is 8.77. The van der Waals surface area contributed by atoms with Crippen molar-refractivity contribution in [3.8, 4) is 17.3 Å². The molecule has 32 heavy (non-hydrogen) atoms. The van der Waals surface area contributed by atoms with Gasteiger partial charge in [0, 0.05) is 42.8 Å². The Morgan fingerprint density at radius 1 is 1.12 bits per heavy atom. The highest BCUT2D eigenvalue weighted by molar-refractivity contribution is 5.82. The highest BCUT2D eigenvalue weighted by Gasteiger charge is 2.25. The highest BCUT2D eigenvalue weighted by Crippen LogP contribution is 2.29. The maximum Gasteiger partial charge on any atom is 0.187 e. The van der Waals surface area contributed by atoms with Gasteiger partial charge in [-0.3, -0.25) is 9.30 Å². The molecule has 0 aliphatic carbocycles. The van der Waals surface area contributed by atoms with Crippen molar-refractivity contribution in [2.75, 3.05) is 13.1 Å². The minimum absolute atomic E-state index is 0.129. The molecule has 0 amide bonds. The zero-order chi connectivity index (χ0) is 22.4. The van der Waals surface area contributed by atoms with Crippen LogP contribution in [0.3, 0.4) is 0 Å². The van der Waals surface area contributed by atoms with Crippen molar-refractivity contribution in [2.24, 2.45) is 5.73 Å². The molecule has 5 rings (SSSR count). The monoisotopic (exact) mass is 434 g/mol. The predicted molar refractivity (Wildman–Crippen MR) is 122 cm³/mol. The Hall–Kier alpha value is -3.10. The van der Waals surface area contributed by atoms with E-state index in [4.69, 9.17) is 15.5 Å². The molecule has 8 heteroatoms. The molecular formula is C24H27FN6O. The molecule has 3 aromatic heterocycles. The van der Waals surface area contributed by atoms with Crippen molar-refractivity contribution in [1.82, 2.24) is 24.5 Å². The zero-order valence-electron chi connectivity index (χ0n) is 18.5. The lowest BCUT2D eigenvalue weighted by Gasteiger charge is -2.24. The van der Waals surface area contributed by atoms with Crippen LogP contribution in [0.25, 0.3) is 28.1 Å². The largest absolute Gasteiger partial charge is 0.488 e. The zero-order valence-corrected chi connectivity index (χ0v) is 18.5. The van der Waals surface area contributed by atoms with Crippen LogP contribution in [0.1, 0.15) is 38.8 Å². The lowest BCUT2D eigenvalue weighted by Crippen LogP contribution is -2.28. The van der Waals surface area contributed by atoms with Gasteiger partial charge in [-0.1, -0.05) is 12.1 Å². The number of aromatic nitrogens is 4. The maximum atomic E-state index is 14.3. The summed E-state index contributed by atoms with van der Waals surface area (Å²) in [4.78, 5) is 7.14. The number of nitrogens with zero attached hydrogens (tertiary/aromatic N) is 5. The third-order valence-corrected chi connectivity index (χ3v) is 6.05. The van der Waals surface area contributed by atoms with E-state index < -0.39 is 5.82 Å². The second-order valence-corrected chi connectivity index (χ2v) is 8.77. The van der Waals surface area contributed by atoms with Gasteiger partial charge in [0.25, 0.3) is 0 Å². The van der Waals surface area contributed by atoms with Gasteiger partial charge in [-0.25, -0.2) is 9.37 Å². The minimum Gasteiger partial charge on any atom is -0.488 e. The summed E-state index contributed by atoms with van der Waals surface area (Å²) in [5, 5.41) is 9.40. The van der Waals surface area contributed by atoms with Crippen molar-refractivity contribution in [2.45, 2.75) is 45.4 Å². The Bertz CT molecular complexity index is 1290. The molecule has 1 aliphatic heterocycles. The number of rotatable bonds is 5. The van der Waals surface area contributed by atoms with E-state index in [9.17, 15) is 4.39 Å². The molecule has 1 saturated heterocycles. The molecule has 2 atom stereocenters. The average molecular weight is 435 g/mol. The van der Waals surface area contributed by atoms with Gasteiger partial charge >= 0.3 is 0 Å². The number of nitrogens with two attached hydrogens (primary N) is 1. The Morgan fingerprint density at radius 3 is 2.72 bits per heavy atom. The summed E-state index contributed by atoms with van der Waals surface area (Å²) in [5.74, 6) is 0.446. The van der Waals surface area contributed by atoms with Crippen LogP contribution < -0.4 is 10.5 Å². The smallest absolute Gasteiger partial charge is 0.187 e. The van der Waals surface area contributed by atoms with Crippen molar-refractivity contribution in [3.05, 3.63) is 54.0 Å². The molecule has 0 radical (unpaired) electrons. The molecule has 4 aromatic rings. The quantitative estimate of drug-likeness (QED) is 0.512. The van der Waals surface area contributed by atoms with Gasteiger partial charge in [0.1, 0.15) is 5.69 Å². The number of hydrogen-bond acceptors (Lipinski definition) is 6. The van der Waals surface area contributed by atoms with E-state index in [1.54, 1.807) is 6.07 Å². The number of pyridine rings is 2. The van der Waals surface area contributed by atoms with Gasteiger partial charge in [0.05, 0.1) is 11.6 Å². The van der Waals surface area contributed by atoms with E-state index in [-0.39, 0.29) is 23.9 Å². The second kappa shape index (κ2) is 8.11. The number of ether oxygens (including phenoxy) is 1. The third-order valence-electron chi connectivity index (χ3n) is 6.05. The summed E-state index contributed by atoms with van der Waals surface area (Å²) in [7, 11) is 0. The molecule has 0 spiro atoms. The van der Waals surface area contributed by atoms with E-state index in [2.05, 4.69) is 34.3 Å². The SMILES string of the molecule is CC(C)Oc1cc2nc(-c3nnc4ccc([C@H](C)N5CC[C@H](N)C5)cn34)ccc2cc1F. The molecule has 7 nitrogen and oxygen atoms in total. The summed E-state index contributed by atoms with van der Waals surface area (Å²) < 4.78 is 21.9. The van der Waals surface area contributed by atoms with Crippen molar-refractivity contribution in [3.63, 3.8) is 0 Å². The topological polar surface area (TPSA) is 81.6 Å². The van der Waals surface area contributed by atoms with Crippen LogP contribution in [0.2, 0.25) is 0 Å². The van der Waals surface area contributed by atoms with E-state index in [0.29, 0.717) is 22.4 Å². The lowest BCUT2D eigenvalue weighted by atomic mass is 10.1. The number of halogens is 1. The number of hydrogen-bond donors (Lipinski definition) is 1. The molecule has 1 aliphatic rings. The van der Waals surface area contributed by atoms with E-state index in [1.165, 1.54) is 11.6 Å². The molecular weight excluding hydrogens is 407 g/mol. The highest BCUT2D eigenvalue weighted by atomic mass is 19.1. The Kier molecular flexibility index (Phi) is 5.27. The molecule has 0 saturated carbocycles. The lowest BCUT2D eigenvalue weighted by molar-refractivity contribution is 0.231. The summed E-state index contributed by atoms with van der Waals surface area (Å²) in [6, 6.07) is 11.3. The average Bonchev–Trinajstić information content (AvgIpc) is 3.39. The number of fused-ring (bicyclic) bond motifs is 2. The van der Waals surface area contributed by atoms with E-state index in [1.807, 2.05) is 36.4 Å². The Balaban J connectivity index is 1.54. The van der Waals surface area contributed by atoms with Crippen LogP contribution in [-0.2, 0) is 0 Å². The van der Waals surface area contributed by atoms with Gasteiger partial charge in [-0.15, -0.1) is 10.2 Å². The fraction of sp³-hybridized carbons (Fsp3) is 0.375. The molecule has 4 heterocycles. The van der Waals surface area contributed by atoms with Gasteiger partial charge in [0.15, 0.2) is 23.0 Å². The van der Waals surface area contributed by atoms with Gasteiger partial charge in [0.2, 0.25) is 0 Å². The molecule has 1 fully saturated rings. The van der Waals surface area contributed by atoms with Crippen molar-refractivity contribution >= 4 is 16.6 Å². The fourth-order valence-electron chi connectivity index (χ4n) is 4.30.